The molecule has 0 spiro atoms. The van der Waals surface area contributed by atoms with Crippen LogP contribution in [0.5, 0.6) is 0 Å². The van der Waals surface area contributed by atoms with Crippen molar-refractivity contribution < 1.29 is 0 Å². The molecular formula is C28H58. The van der Waals surface area contributed by atoms with E-state index < -0.39 is 0 Å². The van der Waals surface area contributed by atoms with Gasteiger partial charge in [0.2, 0.25) is 0 Å². The molecular weight excluding hydrogens is 336 g/mol. The number of hydrogen-bond donors (Lipinski definition) is 0. The Hall–Kier alpha value is 0. The summed E-state index contributed by atoms with van der Waals surface area (Å²) in [5.41, 5.74) is 2.08. The van der Waals surface area contributed by atoms with Gasteiger partial charge in [0.1, 0.15) is 0 Å². The third-order valence-corrected chi connectivity index (χ3v) is 5.92. The van der Waals surface area contributed by atoms with Gasteiger partial charge in [-0.1, -0.05) is 122 Å². The Morgan fingerprint density at radius 2 is 0.750 bits per heavy atom. The zero-order chi connectivity index (χ0) is 22.2. The van der Waals surface area contributed by atoms with Crippen molar-refractivity contribution in [2.24, 2.45) is 33.5 Å². The lowest BCUT2D eigenvalue weighted by Gasteiger charge is -2.38. The van der Waals surface area contributed by atoms with Crippen molar-refractivity contribution in [2.75, 3.05) is 0 Å². The van der Waals surface area contributed by atoms with Crippen molar-refractivity contribution >= 4 is 0 Å². The van der Waals surface area contributed by atoms with Gasteiger partial charge in [-0.25, -0.2) is 0 Å². The van der Waals surface area contributed by atoms with Crippen LogP contribution < -0.4 is 0 Å². The Bertz CT molecular complexity index is 348. The first-order valence-corrected chi connectivity index (χ1v) is 12.4. The number of rotatable bonds is 5. The van der Waals surface area contributed by atoms with E-state index in [2.05, 4.69) is 83.1 Å². The molecule has 1 fully saturated rings. The number of unbranched alkanes of at least 4 members (excludes halogenated alkanes) is 1. The highest BCUT2D eigenvalue weighted by Gasteiger charge is 2.31. The van der Waals surface area contributed by atoms with Gasteiger partial charge in [0.25, 0.3) is 0 Å². The van der Waals surface area contributed by atoms with E-state index in [0.29, 0.717) is 21.7 Å². The first-order valence-electron chi connectivity index (χ1n) is 12.4. The molecule has 0 bridgehead atoms. The van der Waals surface area contributed by atoms with E-state index in [-0.39, 0.29) is 0 Å². The van der Waals surface area contributed by atoms with E-state index in [1.807, 2.05) is 0 Å². The van der Waals surface area contributed by atoms with Gasteiger partial charge in [-0.3, -0.25) is 0 Å². The average molecular weight is 395 g/mol. The first-order chi connectivity index (χ1) is 12.4. The summed E-state index contributed by atoms with van der Waals surface area (Å²) in [5.74, 6) is 1.99. The zero-order valence-electron chi connectivity index (χ0n) is 22.2. The van der Waals surface area contributed by atoms with E-state index in [4.69, 9.17) is 0 Å². The molecule has 1 saturated carbocycles. The fourth-order valence-corrected chi connectivity index (χ4v) is 4.71. The van der Waals surface area contributed by atoms with Crippen molar-refractivity contribution in [2.45, 2.75) is 147 Å². The van der Waals surface area contributed by atoms with Crippen LogP contribution in [0.3, 0.4) is 0 Å². The Morgan fingerprint density at radius 1 is 0.464 bits per heavy atom. The average Bonchev–Trinajstić information content (AvgIpc) is 2.42. The van der Waals surface area contributed by atoms with Crippen LogP contribution in [0, 0.1) is 33.5 Å². The van der Waals surface area contributed by atoms with Crippen LogP contribution in [-0.2, 0) is 0 Å². The molecule has 2 unspecified atom stereocenters. The zero-order valence-corrected chi connectivity index (χ0v) is 22.2. The molecule has 1 aliphatic carbocycles. The molecule has 0 heteroatoms. The van der Waals surface area contributed by atoms with Crippen LogP contribution in [0.15, 0.2) is 0 Å². The van der Waals surface area contributed by atoms with E-state index >= 15 is 0 Å². The summed E-state index contributed by atoms with van der Waals surface area (Å²) in [7, 11) is 0. The van der Waals surface area contributed by atoms with Gasteiger partial charge in [-0.2, -0.15) is 0 Å². The van der Waals surface area contributed by atoms with E-state index in [1.54, 1.807) is 0 Å². The fourth-order valence-electron chi connectivity index (χ4n) is 4.71. The third-order valence-electron chi connectivity index (χ3n) is 5.92. The van der Waals surface area contributed by atoms with Crippen LogP contribution in [0.2, 0.25) is 0 Å². The van der Waals surface area contributed by atoms with Crippen molar-refractivity contribution in [3.05, 3.63) is 0 Å². The van der Waals surface area contributed by atoms with Crippen LogP contribution in [0.1, 0.15) is 147 Å². The molecule has 0 amide bonds. The smallest absolute Gasteiger partial charge is 0.0380 e. The van der Waals surface area contributed by atoms with Gasteiger partial charge in [0.15, 0.2) is 0 Å². The minimum Gasteiger partial charge on any atom is -0.0602 e. The topological polar surface area (TPSA) is 0 Å². The minimum absolute atomic E-state index is 0.512. The van der Waals surface area contributed by atoms with E-state index in [0.717, 1.165) is 11.8 Å². The van der Waals surface area contributed by atoms with Crippen LogP contribution in [-0.4, -0.2) is 0 Å². The molecule has 0 aromatic rings. The van der Waals surface area contributed by atoms with Gasteiger partial charge in [-0.05, 0) is 59.2 Å². The standard InChI is InChI=1S/C16H32.C12H26/c1-15(2,3)11-13-9-7-8-10-14(13)12-16(4,5)6;1-11(2,3)9-7-8-10-12(4,5)6/h13-14H,7-12H2,1-6H3;7-10H2,1-6H3. The summed E-state index contributed by atoms with van der Waals surface area (Å²) in [6, 6.07) is 0. The quantitative estimate of drug-likeness (QED) is 0.407. The largest absolute Gasteiger partial charge is 0.0602 e. The molecule has 2 atom stereocenters. The lowest BCUT2D eigenvalue weighted by atomic mass is 9.67. The van der Waals surface area contributed by atoms with Gasteiger partial charge in [0.05, 0.1) is 0 Å². The molecule has 0 aromatic heterocycles. The summed E-state index contributed by atoms with van der Waals surface area (Å²) in [5, 5.41) is 0. The summed E-state index contributed by atoms with van der Waals surface area (Å²) >= 11 is 0. The Labute approximate surface area is 181 Å². The molecule has 170 valence electrons. The minimum atomic E-state index is 0.512. The molecule has 1 aliphatic rings. The summed E-state index contributed by atoms with van der Waals surface area (Å²) < 4.78 is 0. The predicted octanol–water partition coefficient (Wildman–Crippen LogP) is 10.3. The van der Waals surface area contributed by atoms with Gasteiger partial charge in [-0.15, -0.1) is 0 Å². The molecule has 28 heavy (non-hydrogen) atoms. The van der Waals surface area contributed by atoms with E-state index in [9.17, 15) is 0 Å². The maximum Gasteiger partial charge on any atom is -0.0380 e. The molecule has 0 aromatic carbocycles. The lowest BCUT2D eigenvalue weighted by Crippen LogP contribution is -2.27. The fraction of sp³-hybridized carbons (Fsp3) is 1.00. The molecule has 0 radical (unpaired) electrons. The van der Waals surface area contributed by atoms with Crippen molar-refractivity contribution in [3.63, 3.8) is 0 Å². The Kier molecular flexibility index (Phi) is 11.4. The maximum absolute atomic E-state index is 2.40. The molecule has 0 N–H and O–H groups in total. The molecule has 0 saturated heterocycles. The van der Waals surface area contributed by atoms with Gasteiger partial charge >= 0.3 is 0 Å². The normalized spacial score (nSPS) is 21.9. The lowest BCUT2D eigenvalue weighted by molar-refractivity contribution is 0.126. The summed E-state index contributed by atoms with van der Waals surface area (Å²) in [6.45, 7) is 28.3. The number of hydrogen-bond acceptors (Lipinski definition) is 0. The van der Waals surface area contributed by atoms with Crippen LogP contribution >= 0.6 is 0 Å². The molecule has 0 nitrogen and oxygen atoms in total. The monoisotopic (exact) mass is 394 g/mol. The van der Waals surface area contributed by atoms with Crippen molar-refractivity contribution in [1.82, 2.24) is 0 Å². The first kappa shape index (κ1) is 28.0. The Balaban J connectivity index is 0.000000546. The SMILES string of the molecule is CC(C)(C)CC1CCCCC1CC(C)(C)C.CC(C)(C)CCCCC(C)(C)C. The highest BCUT2D eigenvalue weighted by molar-refractivity contribution is 4.82. The second-order valence-electron chi connectivity index (χ2n) is 14.7. The second kappa shape index (κ2) is 11.4. The van der Waals surface area contributed by atoms with Crippen molar-refractivity contribution in [3.8, 4) is 0 Å². The maximum atomic E-state index is 2.40. The van der Waals surface area contributed by atoms with Crippen molar-refractivity contribution in [1.29, 1.82) is 0 Å². The molecule has 0 heterocycles. The molecule has 1 rings (SSSR count). The van der Waals surface area contributed by atoms with Gasteiger partial charge in [0, 0.05) is 0 Å². The van der Waals surface area contributed by atoms with E-state index in [1.165, 1.54) is 64.2 Å². The summed E-state index contributed by atoms with van der Waals surface area (Å²) in [6.07, 6.45) is 14.3. The van der Waals surface area contributed by atoms with Crippen LogP contribution in [0.4, 0.5) is 0 Å². The Morgan fingerprint density at radius 3 is 0.964 bits per heavy atom. The molecule has 0 aliphatic heterocycles. The van der Waals surface area contributed by atoms with Crippen LogP contribution in [0.25, 0.3) is 0 Å². The van der Waals surface area contributed by atoms with Gasteiger partial charge < -0.3 is 0 Å². The third kappa shape index (κ3) is 18.1. The summed E-state index contributed by atoms with van der Waals surface area (Å²) in [4.78, 5) is 0. The second-order valence-corrected chi connectivity index (χ2v) is 14.7. The highest BCUT2D eigenvalue weighted by Crippen LogP contribution is 2.42. The predicted molar refractivity (Wildman–Crippen MR) is 131 cm³/mol. The highest BCUT2D eigenvalue weighted by atomic mass is 14.4.